The van der Waals surface area contributed by atoms with Gasteiger partial charge in [0.05, 0.1) is 0 Å². The van der Waals surface area contributed by atoms with E-state index in [1.54, 1.807) is 0 Å². The van der Waals surface area contributed by atoms with Crippen molar-refractivity contribution in [3.63, 3.8) is 0 Å². The molecule has 33 heavy (non-hydrogen) atoms. The van der Waals surface area contributed by atoms with Crippen molar-refractivity contribution in [1.29, 1.82) is 0 Å². The molecule has 1 aromatic carbocycles. The number of hydrogen-bond donors (Lipinski definition) is 3. The van der Waals surface area contributed by atoms with Crippen LogP contribution >= 0.6 is 47.0 Å². The first-order valence-electron chi connectivity index (χ1n) is 12.1. The Kier molecular flexibility index (Phi) is 15.4. The molecule has 0 radical (unpaired) electrons. The highest BCUT2D eigenvalue weighted by Crippen LogP contribution is 2.29. The van der Waals surface area contributed by atoms with Crippen LogP contribution in [-0.2, 0) is 4.79 Å². The van der Waals surface area contributed by atoms with E-state index in [9.17, 15) is 4.79 Å². The van der Waals surface area contributed by atoms with Gasteiger partial charge in [0.15, 0.2) is 5.11 Å². The number of amides is 1. The lowest BCUT2D eigenvalue weighted by atomic mass is 10.1. The molecule has 1 atom stereocenters. The van der Waals surface area contributed by atoms with Gasteiger partial charge in [-0.05, 0) is 44.1 Å². The third kappa shape index (κ3) is 14.3. The molecule has 0 aliphatic rings. The van der Waals surface area contributed by atoms with Crippen molar-refractivity contribution in [2.45, 2.75) is 108 Å². The highest BCUT2D eigenvalue weighted by molar-refractivity contribution is 7.80. The van der Waals surface area contributed by atoms with Crippen molar-refractivity contribution in [2.24, 2.45) is 0 Å². The molecule has 0 spiro atoms. The Labute approximate surface area is 220 Å². The monoisotopic (exact) mass is 535 g/mol. The predicted octanol–water partition coefficient (Wildman–Crippen LogP) is 8.10. The van der Waals surface area contributed by atoms with E-state index in [2.05, 4.69) is 22.9 Å². The molecular formula is C25H40Cl3N3OS. The first-order valence-corrected chi connectivity index (χ1v) is 13.7. The van der Waals surface area contributed by atoms with E-state index in [4.69, 9.17) is 47.0 Å². The summed E-state index contributed by atoms with van der Waals surface area (Å²) in [6.45, 7) is 6.25. The van der Waals surface area contributed by atoms with Crippen molar-refractivity contribution >= 4 is 63.7 Å². The van der Waals surface area contributed by atoms with Gasteiger partial charge in [-0.1, -0.05) is 124 Å². The summed E-state index contributed by atoms with van der Waals surface area (Å²) in [5.41, 5.74) is 3.06. The number of alkyl halides is 3. The number of unbranched alkanes of at least 4 members (excludes halogenated alkanes) is 10. The number of carbonyl (C=O) groups is 1. The van der Waals surface area contributed by atoms with Gasteiger partial charge in [-0.15, -0.1) is 0 Å². The number of rotatable bonds is 15. The third-order valence-corrected chi connectivity index (χ3v) is 6.42. The van der Waals surface area contributed by atoms with E-state index >= 15 is 0 Å². The molecule has 0 aliphatic heterocycles. The molecule has 4 nitrogen and oxygen atoms in total. The second-order valence-corrected chi connectivity index (χ2v) is 11.5. The average Bonchev–Trinajstić information content (AvgIpc) is 2.73. The summed E-state index contributed by atoms with van der Waals surface area (Å²) >= 11 is 23.6. The molecule has 0 saturated carbocycles. The Balaban J connectivity index is 2.30. The average molecular weight is 537 g/mol. The van der Waals surface area contributed by atoms with Crippen LogP contribution < -0.4 is 16.0 Å². The third-order valence-electron chi connectivity index (χ3n) is 5.55. The molecular weight excluding hydrogens is 497 g/mol. The van der Waals surface area contributed by atoms with E-state index in [1.807, 2.05) is 32.0 Å². The topological polar surface area (TPSA) is 53.2 Å². The van der Waals surface area contributed by atoms with Gasteiger partial charge in [0, 0.05) is 12.1 Å². The maximum atomic E-state index is 12.4. The summed E-state index contributed by atoms with van der Waals surface area (Å²) in [6.07, 6.45) is 13.0. The van der Waals surface area contributed by atoms with Crippen molar-refractivity contribution in [3.8, 4) is 0 Å². The highest BCUT2D eigenvalue weighted by atomic mass is 35.6. The Morgan fingerprint density at radius 3 is 1.97 bits per heavy atom. The molecule has 0 aliphatic carbocycles. The number of anilines is 1. The van der Waals surface area contributed by atoms with Crippen LogP contribution in [0.1, 0.15) is 95.1 Å². The minimum Gasteiger partial charge on any atom is -0.339 e. The lowest BCUT2D eigenvalue weighted by Gasteiger charge is -2.28. The number of aryl methyl sites for hydroxylation is 2. The lowest BCUT2D eigenvalue weighted by molar-refractivity contribution is -0.122. The van der Waals surface area contributed by atoms with Crippen LogP contribution in [0.2, 0.25) is 0 Å². The summed E-state index contributed by atoms with van der Waals surface area (Å²) < 4.78 is -1.75. The summed E-state index contributed by atoms with van der Waals surface area (Å²) in [7, 11) is 0. The number of nitrogens with one attached hydrogen (secondary N) is 3. The highest BCUT2D eigenvalue weighted by Gasteiger charge is 2.34. The number of carbonyl (C=O) groups excluding carboxylic acids is 1. The summed E-state index contributed by atoms with van der Waals surface area (Å²) in [5, 5.41) is 9.04. The Hall–Kier alpha value is -0.750. The predicted molar refractivity (Wildman–Crippen MR) is 149 cm³/mol. The normalized spacial score (nSPS) is 12.3. The van der Waals surface area contributed by atoms with Crippen molar-refractivity contribution in [3.05, 3.63) is 29.3 Å². The van der Waals surface area contributed by atoms with Gasteiger partial charge in [0.2, 0.25) is 9.70 Å². The van der Waals surface area contributed by atoms with E-state index in [0.29, 0.717) is 6.42 Å². The zero-order valence-corrected chi connectivity index (χ0v) is 23.3. The molecule has 1 amide bonds. The minimum absolute atomic E-state index is 0.163. The fourth-order valence-corrected chi connectivity index (χ4v) is 4.18. The molecule has 1 aromatic rings. The van der Waals surface area contributed by atoms with Crippen molar-refractivity contribution in [2.75, 3.05) is 5.32 Å². The van der Waals surface area contributed by atoms with Gasteiger partial charge in [0.1, 0.15) is 6.17 Å². The molecule has 0 unspecified atom stereocenters. The van der Waals surface area contributed by atoms with Crippen molar-refractivity contribution in [1.82, 2.24) is 10.6 Å². The zero-order chi connectivity index (χ0) is 24.7. The van der Waals surface area contributed by atoms with Gasteiger partial charge in [-0.25, -0.2) is 0 Å². The van der Waals surface area contributed by atoms with Crippen LogP contribution in [0.25, 0.3) is 0 Å². The summed E-state index contributed by atoms with van der Waals surface area (Å²) in [6, 6.07) is 5.97. The Bertz CT molecular complexity index is 725. The number of hydrogen-bond acceptors (Lipinski definition) is 2. The van der Waals surface area contributed by atoms with Gasteiger partial charge in [0.25, 0.3) is 0 Å². The second-order valence-electron chi connectivity index (χ2n) is 8.74. The van der Waals surface area contributed by atoms with Gasteiger partial charge in [-0.2, -0.15) is 0 Å². The minimum atomic E-state index is -1.75. The Morgan fingerprint density at radius 1 is 0.909 bits per heavy atom. The molecule has 3 N–H and O–H groups in total. The molecule has 188 valence electrons. The van der Waals surface area contributed by atoms with E-state index < -0.39 is 9.96 Å². The van der Waals surface area contributed by atoms with E-state index in [-0.39, 0.29) is 11.0 Å². The SMILES string of the molecule is CCCCCCCCCCCCCC(=O)N[C@H](NC(=S)Nc1ccc(C)cc1C)C(Cl)(Cl)Cl. The smallest absolute Gasteiger partial charge is 0.228 e. The number of halogens is 3. The molecule has 0 heterocycles. The van der Waals surface area contributed by atoms with E-state index in [0.717, 1.165) is 36.1 Å². The molecule has 8 heteroatoms. The summed E-state index contributed by atoms with van der Waals surface area (Å²) in [5.74, 6) is -0.163. The largest absolute Gasteiger partial charge is 0.339 e. The quantitative estimate of drug-likeness (QED) is 0.0917. The zero-order valence-electron chi connectivity index (χ0n) is 20.2. The first-order chi connectivity index (χ1) is 15.6. The van der Waals surface area contributed by atoms with Gasteiger partial charge >= 0.3 is 0 Å². The maximum absolute atomic E-state index is 12.4. The van der Waals surface area contributed by atoms with Crippen LogP contribution in [0.4, 0.5) is 5.69 Å². The lowest BCUT2D eigenvalue weighted by Crippen LogP contribution is -2.56. The molecule has 0 fully saturated rings. The van der Waals surface area contributed by atoms with Crippen LogP contribution in [0.5, 0.6) is 0 Å². The number of thiocarbonyl (C=S) groups is 1. The van der Waals surface area contributed by atoms with Crippen LogP contribution in [0, 0.1) is 13.8 Å². The van der Waals surface area contributed by atoms with E-state index in [1.165, 1.54) is 51.4 Å². The molecule has 0 bridgehead atoms. The first kappa shape index (κ1) is 30.3. The maximum Gasteiger partial charge on any atom is 0.228 e. The Morgan fingerprint density at radius 2 is 1.45 bits per heavy atom. The fourth-order valence-electron chi connectivity index (χ4n) is 3.63. The molecule has 0 saturated heterocycles. The fraction of sp³-hybridized carbons (Fsp3) is 0.680. The molecule has 1 rings (SSSR count). The van der Waals surface area contributed by atoms with Crippen LogP contribution in [0.3, 0.4) is 0 Å². The second kappa shape index (κ2) is 16.8. The van der Waals surface area contributed by atoms with Gasteiger partial charge in [-0.3, -0.25) is 4.79 Å². The van der Waals surface area contributed by atoms with Crippen LogP contribution in [-0.4, -0.2) is 21.0 Å². The van der Waals surface area contributed by atoms with Crippen LogP contribution in [0.15, 0.2) is 18.2 Å². The molecule has 0 aromatic heterocycles. The standard InChI is InChI=1S/C25H40Cl3N3OS/c1-4-5-6-7-8-9-10-11-12-13-14-15-22(32)30-23(25(26,27)28)31-24(33)29-21-17-16-19(2)18-20(21)3/h16-18,23H,4-15H2,1-3H3,(H,30,32)(H2,29,31,33)/t23-/m1/s1. The van der Waals surface area contributed by atoms with Gasteiger partial charge < -0.3 is 16.0 Å². The number of benzene rings is 1. The van der Waals surface area contributed by atoms with Crippen molar-refractivity contribution < 1.29 is 4.79 Å². The summed E-state index contributed by atoms with van der Waals surface area (Å²) in [4.78, 5) is 12.4.